The third-order valence-corrected chi connectivity index (χ3v) is 5.62. The molecule has 0 fully saturated rings. The molecule has 0 aliphatic rings. The van der Waals surface area contributed by atoms with Gasteiger partial charge in [-0.15, -0.1) is 0 Å². The van der Waals surface area contributed by atoms with Gasteiger partial charge in [-0.05, 0) is 23.3 Å². The summed E-state index contributed by atoms with van der Waals surface area (Å²) < 4.78 is 0. The van der Waals surface area contributed by atoms with Gasteiger partial charge in [0.2, 0.25) is 0 Å². The van der Waals surface area contributed by atoms with Crippen LogP contribution in [0.2, 0.25) is 0 Å². The number of benzene rings is 4. The van der Waals surface area contributed by atoms with Crippen LogP contribution in [0.4, 0.5) is 11.4 Å². The molecule has 0 saturated carbocycles. The fourth-order valence-corrected chi connectivity index (χ4v) is 3.73. The summed E-state index contributed by atoms with van der Waals surface area (Å²) in [4.78, 5) is 45.8. The first-order valence-electron chi connectivity index (χ1n) is 11.5. The van der Waals surface area contributed by atoms with Crippen molar-refractivity contribution in [3.8, 4) is 0 Å². The van der Waals surface area contributed by atoms with Crippen LogP contribution in [-0.2, 0) is 22.4 Å². The van der Waals surface area contributed by atoms with Crippen molar-refractivity contribution in [2.45, 2.75) is 12.8 Å². The van der Waals surface area contributed by atoms with Gasteiger partial charge in [-0.3, -0.25) is 9.59 Å². The summed E-state index contributed by atoms with van der Waals surface area (Å²) >= 11 is 0. The van der Waals surface area contributed by atoms with Gasteiger partial charge >= 0.3 is 23.1 Å². The van der Waals surface area contributed by atoms with Crippen molar-refractivity contribution in [2.24, 2.45) is 0 Å². The maximum atomic E-state index is 12.3. The maximum absolute atomic E-state index is 12.3. The summed E-state index contributed by atoms with van der Waals surface area (Å²) in [6.07, 6.45) is -0.608. The molecular weight excluding hydrogens is 557 g/mol. The molecule has 10 N–H and O–H groups in total. The molecule has 0 aliphatic heterocycles. The molecule has 0 radical (unpaired) electrons. The number of anilines is 2. The molecule has 0 aromatic heterocycles. The second kappa shape index (κ2) is 18.7. The third-order valence-electron chi connectivity index (χ3n) is 5.62. The second-order valence-electron chi connectivity index (χ2n) is 8.24. The summed E-state index contributed by atoms with van der Waals surface area (Å²) in [6, 6.07) is 27.0. The molecule has 0 heterocycles. The van der Waals surface area contributed by atoms with E-state index in [1.54, 1.807) is 84.9 Å². The van der Waals surface area contributed by atoms with Gasteiger partial charge in [-0.25, -0.2) is 0 Å². The van der Waals surface area contributed by atoms with E-state index in [2.05, 4.69) is 0 Å². The predicted octanol–water partition coefficient (Wildman–Crippen LogP) is -1.27. The molecule has 4 aromatic rings. The molecule has 11 nitrogen and oxygen atoms in total. The van der Waals surface area contributed by atoms with Crippen LogP contribution in [-0.4, -0.2) is 63.0 Å². The number of carboxylic acids is 2. The Hall–Kier alpha value is -4.59. The maximum Gasteiger partial charge on any atom is 2.00 e. The number of ketones is 2. The third kappa shape index (κ3) is 10.4. The Morgan fingerprint density at radius 1 is 0.500 bits per heavy atom. The summed E-state index contributed by atoms with van der Waals surface area (Å²) in [5.74, 6) is -2.90. The van der Waals surface area contributed by atoms with E-state index in [1.165, 1.54) is 0 Å². The number of carbonyl (C=O) groups is 4. The molecule has 0 saturated heterocycles. The summed E-state index contributed by atoms with van der Waals surface area (Å²) in [5, 5.41) is 21.2. The SMILES string of the molecule is Nc1c(CC(=O)[O-])cccc1C(=O)c1ccccc1.Nc1c(CC(=O)[O-])cccc1C(=O)c1ccccc1.O.O.O.[Mg+2]. The van der Waals surface area contributed by atoms with Gasteiger partial charge in [0.25, 0.3) is 0 Å². The number of nitrogen functional groups attached to an aromatic ring is 2. The van der Waals surface area contributed by atoms with E-state index >= 15 is 0 Å². The van der Waals surface area contributed by atoms with Crippen LogP contribution in [0, 0.1) is 0 Å². The molecule has 42 heavy (non-hydrogen) atoms. The number of carbonyl (C=O) groups excluding carboxylic acids is 4. The Morgan fingerprint density at radius 2 is 0.810 bits per heavy atom. The van der Waals surface area contributed by atoms with Crippen molar-refractivity contribution in [1.82, 2.24) is 0 Å². The molecule has 0 bridgehead atoms. The molecular formula is C30H30MgN2O9. The van der Waals surface area contributed by atoms with E-state index in [4.69, 9.17) is 11.5 Å². The topological polar surface area (TPSA) is 261 Å². The van der Waals surface area contributed by atoms with Crippen LogP contribution in [0.3, 0.4) is 0 Å². The van der Waals surface area contributed by atoms with Gasteiger partial charge in [-0.2, -0.15) is 0 Å². The van der Waals surface area contributed by atoms with E-state index in [-0.39, 0.29) is 75.3 Å². The Balaban J connectivity index is 0. The largest absolute Gasteiger partial charge is 2.00 e. The summed E-state index contributed by atoms with van der Waals surface area (Å²) in [5.41, 5.74) is 14.5. The van der Waals surface area contributed by atoms with Gasteiger partial charge in [-0.1, -0.05) is 84.9 Å². The monoisotopic (exact) mass is 586 g/mol. The van der Waals surface area contributed by atoms with Crippen molar-refractivity contribution in [2.75, 3.05) is 11.5 Å². The first-order chi connectivity index (χ1) is 18.2. The van der Waals surface area contributed by atoms with Crippen LogP contribution in [0.15, 0.2) is 97.1 Å². The minimum atomic E-state index is -1.23. The second-order valence-corrected chi connectivity index (χ2v) is 8.24. The van der Waals surface area contributed by atoms with E-state index < -0.39 is 11.9 Å². The van der Waals surface area contributed by atoms with E-state index in [1.807, 2.05) is 12.1 Å². The first-order valence-corrected chi connectivity index (χ1v) is 11.5. The summed E-state index contributed by atoms with van der Waals surface area (Å²) in [7, 11) is 0. The van der Waals surface area contributed by atoms with Gasteiger partial charge in [0.15, 0.2) is 11.6 Å². The zero-order valence-corrected chi connectivity index (χ0v) is 23.9. The minimum absolute atomic E-state index is 0. The average molecular weight is 587 g/mol. The fourth-order valence-electron chi connectivity index (χ4n) is 3.73. The Kier molecular flexibility index (Phi) is 17.6. The van der Waals surface area contributed by atoms with Gasteiger partial charge < -0.3 is 47.7 Å². The molecule has 216 valence electrons. The number of carboxylic acid groups (broad SMARTS) is 2. The standard InChI is InChI=1S/2C15H13NO3.Mg.3H2O/c2*16-14-11(9-13(17)18)7-4-8-12(14)15(19)10-5-2-1-3-6-10;;;;/h2*1-8H,9,16H2,(H,17,18);;3*1H2/q;;+2;;;/p-2. The van der Waals surface area contributed by atoms with Crippen molar-refractivity contribution >= 4 is 57.9 Å². The van der Waals surface area contributed by atoms with Crippen molar-refractivity contribution in [1.29, 1.82) is 0 Å². The molecule has 0 amide bonds. The zero-order valence-electron chi connectivity index (χ0n) is 22.5. The van der Waals surface area contributed by atoms with Crippen LogP contribution in [0.1, 0.15) is 43.0 Å². The van der Waals surface area contributed by atoms with Gasteiger partial charge in [0.1, 0.15) is 0 Å². The number of para-hydroxylation sites is 2. The fraction of sp³-hybridized carbons (Fsp3) is 0.0667. The van der Waals surface area contributed by atoms with Crippen molar-refractivity contribution in [3.63, 3.8) is 0 Å². The first kappa shape index (κ1) is 39.5. The Labute approximate surface area is 257 Å². The van der Waals surface area contributed by atoms with Gasteiger partial charge in [0.05, 0.1) is 0 Å². The molecule has 0 spiro atoms. The molecule has 0 unspecified atom stereocenters. The van der Waals surface area contributed by atoms with Crippen LogP contribution in [0.25, 0.3) is 0 Å². The van der Waals surface area contributed by atoms with E-state index in [0.717, 1.165) is 0 Å². The quantitative estimate of drug-likeness (QED) is 0.142. The zero-order chi connectivity index (χ0) is 27.7. The average Bonchev–Trinajstić information content (AvgIpc) is 2.91. The van der Waals surface area contributed by atoms with Crippen LogP contribution in [0.5, 0.6) is 0 Å². The Bertz CT molecular complexity index is 1370. The summed E-state index contributed by atoms with van der Waals surface area (Å²) in [6.45, 7) is 0. The van der Waals surface area contributed by atoms with Gasteiger partial charge in [0, 0.05) is 58.4 Å². The molecule has 0 aliphatic carbocycles. The molecule has 4 rings (SSSR count). The number of hydrogen-bond donors (Lipinski definition) is 2. The van der Waals surface area contributed by atoms with Crippen molar-refractivity contribution < 1.29 is 45.8 Å². The van der Waals surface area contributed by atoms with E-state index in [0.29, 0.717) is 33.4 Å². The van der Waals surface area contributed by atoms with E-state index in [9.17, 15) is 29.4 Å². The number of aliphatic carboxylic acids is 2. The molecule has 4 aromatic carbocycles. The van der Waals surface area contributed by atoms with Crippen LogP contribution >= 0.6 is 0 Å². The number of rotatable bonds is 8. The van der Waals surface area contributed by atoms with Crippen LogP contribution < -0.4 is 21.7 Å². The minimum Gasteiger partial charge on any atom is -0.550 e. The normalized spacial score (nSPS) is 9.14. The predicted molar refractivity (Wildman–Crippen MR) is 155 cm³/mol. The smallest absolute Gasteiger partial charge is 0.550 e. The number of hydrogen-bond acceptors (Lipinski definition) is 8. The molecule has 12 heteroatoms. The Morgan fingerprint density at radius 3 is 1.10 bits per heavy atom. The number of nitrogens with two attached hydrogens (primary N) is 2. The van der Waals surface area contributed by atoms with Crippen molar-refractivity contribution in [3.05, 3.63) is 130 Å². The molecule has 0 atom stereocenters.